The Morgan fingerprint density at radius 3 is 1.02 bits per heavy atom. The van der Waals surface area contributed by atoms with Gasteiger partial charge in [-0.15, -0.1) is 0 Å². The quantitative estimate of drug-likeness (QED) is 0.0892. The third kappa shape index (κ3) is 9.53. The number of unbranched alkanes of at least 4 members (excludes halogenated alkanes) is 5. The van der Waals surface area contributed by atoms with Gasteiger partial charge in [0.15, 0.2) is 0 Å². The average molecular weight is 593 g/mol. The van der Waals surface area contributed by atoms with Crippen LogP contribution >= 0.6 is 7.26 Å². The van der Waals surface area contributed by atoms with Crippen LogP contribution in [0.4, 0.5) is 0 Å². The molecule has 0 amide bonds. The maximum atomic E-state index is 5.46. The molecule has 0 atom stereocenters. The molecule has 3 aromatic carbocycles. The summed E-state index contributed by atoms with van der Waals surface area (Å²) in [5.74, 6) is 2.65. The molecule has 0 aromatic heterocycles. The molecule has 3 rings (SSSR count). The van der Waals surface area contributed by atoms with E-state index in [1.165, 1.54) is 79.6 Å². The Morgan fingerprint density at radius 2 is 0.762 bits per heavy atom. The fourth-order valence-corrected chi connectivity index (χ4v) is 9.13. The molecule has 3 aromatic rings. The summed E-state index contributed by atoms with van der Waals surface area (Å²) in [6.45, 7) is 11.7. The maximum absolute atomic E-state index is 5.46. The second-order valence-corrected chi connectivity index (χ2v) is 16.7. The predicted octanol–water partition coefficient (Wildman–Crippen LogP) is 8.63. The number of hydrogen-bond donors (Lipinski definition) is 0. The molecule has 0 aliphatic rings. The number of ether oxygens (including phenoxy) is 3. The highest BCUT2D eigenvalue weighted by Crippen LogP contribution is 2.57. The zero-order chi connectivity index (χ0) is 30.8. The van der Waals surface area contributed by atoms with Gasteiger partial charge in [-0.3, -0.25) is 0 Å². The van der Waals surface area contributed by atoms with Crippen LogP contribution in [-0.2, 0) is 0 Å². The molecule has 0 saturated heterocycles. The lowest BCUT2D eigenvalue weighted by molar-refractivity contribution is 0.415. The zero-order valence-corrected chi connectivity index (χ0v) is 28.9. The highest BCUT2D eigenvalue weighted by atomic mass is 31.2. The van der Waals surface area contributed by atoms with Crippen molar-refractivity contribution >= 4 is 29.8 Å². The molecule has 42 heavy (non-hydrogen) atoms. The van der Waals surface area contributed by atoms with Gasteiger partial charge in [-0.1, -0.05) is 81.8 Å². The third-order valence-electron chi connectivity index (χ3n) is 9.73. The van der Waals surface area contributed by atoms with Crippen molar-refractivity contribution in [1.82, 2.24) is 0 Å². The molecule has 0 N–H and O–H groups in total. The average Bonchev–Trinajstić information content (AvgIpc) is 3.06. The van der Waals surface area contributed by atoms with Gasteiger partial charge in [0.1, 0.15) is 17.2 Å². The number of rotatable bonds is 17. The molecule has 0 fully saturated rings. The van der Waals surface area contributed by atoms with Gasteiger partial charge in [-0.05, 0) is 64.1 Å². The van der Waals surface area contributed by atoms with Crippen LogP contribution in [0.5, 0.6) is 17.2 Å². The van der Waals surface area contributed by atoms with Crippen LogP contribution in [0.1, 0.15) is 73.1 Å². The summed E-state index contributed by atoms with van der Waals surface area (Å²) in [7, 11) is 4.74. The Bertz CT molecular complexity index is 976. The summed E-state index contributed by atoms with van der Waals surface area (Å²) in [6.07, 6.45) is 13.4. The normalized spacial score (nSPS) is 11.4. The molecule has 0 bridgehead atoms. The van der Waals surface area contributed by atoms with Crippen LogP contribution in [0.2, 0.25) is 6.32 Å². The largest absolute Gasteiger partial charge is 0.497 e. The van der Waals surface area contributed by atoms with Gasteiger partial charge in [-0.25, -0.2) is 0 Å². The number of benzene rings is 3. The van der Waals surface area contributed by atoms with Crippen LogP contribution in [0, 0.1) is 0 Å². The van der Waals surface area contributed by atoms with Gasteiger partial charge in [-0.2, -0.15) is 22.7 Å². The summed E-state index contributed by atoms with van der Waals surface area (Å²) in [5.41, 5.74) is 4.00. The van der Waals surface area contributed by atoms with Crippen LogP contribution in [0.25, 0.3) is 0 Å². The van der Waals surface area contributed by atoms with E-state index in [4.69, 9.17) is 14.2 Å². The minimum atomic E-state index is -1.17. The van der Waals surface area contributed by atoms with E-state index in [1.807, 2.05) is 0 Å². The van der Waals surface area contributed by atoms with Crippen molar-refractivity contribution in [3.05, 3.63) is 72.8 Å². The minimum absolute atomic E-state index is 0.420. The molecular weight excluding hydrogens is 534 g/mol. The van der Waals surface area contributed by atoms with E-state index < -0.39 is 13.4 Å². The molecule has 0 radical (unpaired) electrons. The van der Waals surface area contributed by atoms with E-state index in [-0.39, 0.29) is 0 Å². The van der Waals surface area contributed by atoms with Gasteiger partial charge in [0, 0.05) is 7.26 Å². The fraction of sp³-hybridized carbons (Fsp3) is 0.514. The van der Waals surface area contributed by atoms with E-state index >= 15 is 0 Å². The Kier molecular flexibility index (Phi) is 16.1. The zero-order valence-electron chi connectivity index (χ0n) is 28.0. The number of methoxy groups -OCH3 is 3. The minimum Gasteiger partial charge on any atom is -0.497 e. The third-order valence-corrected chi connectivity index (χ3v) is 15.1. The van der Waals surface area contributed by atoms with Crippen molar-refractivity contribution in [2.24, 2.45) is 0 Å². The van der Waals surface area contributed by atoms with Crippen LogP contribution in [0.15, 0.2) is 72.8 Å². The molecule has 3 nitrogen and oxygen atoms in total. The van der Waals surface area contributed by atoms with Crippen molar-refractivity contribution in [2.45, 2.75) is 79.5 Å². The summed E-state index contributed by atoms with van der Waals surface area (Å²) in [5, 5.41) is 0. The number of hydrogen-bond acceptors (Lipinski definition) is 3. The topological polar surface area (TPSA) is 27.7 Å². The Morgan fingerprint density at radius 1 is 0.452 bits per heavy atom. The lowest BCUT2D eigenvalue weighted by Gasteiger charge is -2.43. The van der Waals surface area contributed by atoms with Crippen LogP contribution < -0.4 is 30.6 Å². The summed E-state index contributed by atoms with van der Waals surface area (Å²) in [4.78, 5) is 0. The molecule has 232 valence electrons. The predicted molar refractivity (Wildman–Crippen MR) is 191 cm³/mol. The molecule has 0 spiro atoms. The molecule has 0 aliphatic heterocycles. The second-order valence-electron chi connectivity index (χ2n) is 11.5. The molecule has 5 heteroatoms. The summed E-state index contributed by atoms with van der Waals surface area (Å²) < 4.78 is 16.4. The molecule has 0 heterocycles. The molecule has 0 unspecified atom stereocenters. The van der Waals surface area contributed by atoms with Gasteiger partial charge in [0.05, 0.1) is 52.1 Å². The van der Waals surface area contributed by atoms with Gasteiger partial charge < -0.3 is 14.2 Å². The van der Waals surface area contributed by atoms with Crippen LogP contribution in [0.3, 0.4) is 0 Å². The van der Waals surface area contributed by atoms with E-state index in [2.05, 4.69) is 107 Å². The molecule has 0 saturated carbocycles. The van der Waals surface area contributed by atoms with Crippen molar-refractivity contribution in [1.29, 1.82) is 0 Å². The lowest BCUT2D eigenvalue weighted by atomic mass is 9.14. The van der Waals surface area contributed by atoms with E-state index in [9.17, 15) is 0 Å². The van der Waals surface area contributed by atoms with Crippen molar-refractivity contribution < 1.29 is 14.2 Å². The first-order chi connectivity index (χ1) is 20.4. The molecular formula is C37H58BO3P. The highest BCUT2D eigenvalue weighted by molar-refractivity contribution is 7.75. The summed E-state index contributed by atoms with van der Waals surface area (Å²) >= 11 is 0. The highest BCUT2D eigenvalue weighted by Gasteiger charge is 2.30. The van der Waals surface area contributed by atoms with Gasteiger partial charge in [0.25, 0.3) is 0 Å². The van der Waals surface area contributed by atoms with Crippen molar-refractivity contribution in [3.63, 3.8) is 0 Å². The first-order valence-electron chi connectivity index (χ1n) is 16.4. The van der Waals surface area contributed by atoms with Gasteiger partial charge >= 0.3 is 0 Å². The van der Waals surface area contributed by atoms with E-state index in [0.717, 1.165) is 23.6 Å². The monoisotopic (exact) mass is 592 g/mol. The smallest absolute Gasteiger partial charge is 0.118 e. The van der Waals surface area contributed by atoms with E-state index in [0.29, 0.717) is 0 Å². The maximum Gasteiger partial charge on any atom is 0.118 e. The van der Waals surface area contributed by atoms with Crippen LogP contribution in [-0.4, -0.2) is 52.1 Å². The summed E-state index contributed by atoms with van der Waals surface area (Å²) in [6, 6.07) is 25.9. The fourth-order valence-electron chi connectivity index (χ4n) is 6.45. The Balaban J connectivity index is 0.000000592. The van der Waals surface area contributed by atoms with E-state index in [1.54, 1.807) is 21.3 Å². The van der Waals surface area contributed by atoms with Gasteiger partial charge in [0.2, 0.25) is 0 Å². The van der Waals surface area contributed by atoms with Crippen molar-refractivity contribution in [2.75, 3.05) is 46.0 Å². The lowest BCUT2D eigenvalue weighted by Crippen LogP contribution is -2.66. The Labute approximate surface area is 259 Å². The first kappa shape index (κ1) is 35.7. The second kappa shape index (κ2) is 19.0. The standard InChI is InChI=1S/C29H38BO3.C8H20P/c1-5-6-7-8-9-10-23-30(24-11-17-27(31-2)18-12-24,25-13-19-28(32-3)20-14-25)26-15-21-29(33-4)22-16-26;1-5-9(6-2,7-3)8-4/h11-22H,5-10,23H2,1-4H3;5-8H2,1-4H3/q-1;+1. The first-order valence-corrected chi connectivity index (χ1v) is 18.9. The SMILES string of the molecule is CCCCCCCC[B-](c1ccc(OC)cc1)(c1ccc(OC)cc1)c1ccc(OC)cc1.CC[P+](CC)(CC)CC. The molecule has 0 aliphatic carbocycles. The Hall–Kier alpha value is -2.45. The van der Waals surface area contributed by atoms with Crippen molar-refractivity contribution in [3.8, 4) is 17.2 Å².